The van der Waals surface area contributed by atoms with Gasteiger partial charge in [-0.3, -0.25) is 9.59 Å². The monoisotopic (exact) mass is 573 g/mol. The maximum atomic E-state index is 14.3. The van der Waals surface area contributed by atoms with Crippen LogP contribution in [0.25, 0.3) is 11.3 Å². The fourth-order valence-electron chi connectivity index (χ4n) is 6.14. The van der Waals surface area contributed by atoms with Crippen molar-refractivity contribution in [1.82, 2.24) is 15.0 Å². The number of benzene rings is 3. The molecule has 3 aromatic carbocycles. The predicted molar refractivity (Wildman–Crippen MR) is 151 cm³/mol. The SMILES string of the molecule is O=C(c1cc(-c2ccc(F)cc2)no1)N1CCC2(CC1)C[C@@H](O)[C@H](c1ccccc1)N(Cc1cccc(Cl)c1)C2=O. The van der Waals surface area contributed by atoms with Crippen molar-refractivity contribution in [2.45, 2.75) is 38.0 Å². The lowest BCUT2D eigenvalue weighted by atomic mass is 9.68. The second kappa shape index (κ2) is 11.1. The van der Waals surface area contributed by atoms with Gasteiger partial charge in [0.25, 0.3) is 5.91 Å². The van der Waals surface area contributed by atoms with Crippen molar-refractivity contribution in [3.05, 3.63) is 113 Å². The third kappa shape index (κ3) is 5.37. The molecular weight excluding hydrogens is 545 g/mol. The molecule has 2 amide bonds. The Kier molecular flexibility index (Phi) is 7.36. The van der Waals surface area contributed by atoms with E-state index in [2.05, 4.69) is 5.16 Å². The van der Waals surface area contributed by atoms with Gasteiger partial charge in [-0.15, -0.1) is 0 Å². The molecule has 0 unspecified atom stereocenters. The van der Waals surface area contributed by atoms with Crippen LogP contribution in [0.15, 0.2) is 89.5 Å². The number of nitrogens with zero attached hydrogens (tertiary/aromatic N) is 3. The third-order valence-corrected chi connectivity index (χ3v) is 8.50. The van der Waals surface area contributed by atoms with E-state index < -0.39 is 17.6 Å². The number of hydrogen-bond donors (Lipinski definition) is 1. The van der Waals surface area contributed by atoms with Crippen molar-refractivity contribution >= 4 is 23.4 Å². The van der Waals surface area contributed by atoms with Crippen LogP contribution in [0.3, 0.4) is 0 Å². The van der Waals surface area contributed by atoms with Gasteiger partial charge in [0.2, 0.25) is 11.7 Å². The highest BCUT2D eigenvalue weighted by Gasteiger charge is 2.53. The Balaban J connectivity index is 1.21. The topological polar surface area (TPSA) is 86.9 Å². The predicted octanol–water partition coefficient (Wildman–Crippen LogP) is 5.89. The van der Waals surface area contributed by atoms with E-state index in [0.717, 1.165) is 11.1 Å². The fourth-order valence-corrected chi connectivity index (χ4v) is 6.35. The van der Waals surface area contributed by atoms with Crippen LogP contribution in [0.1, 0.15) is 47.0 Å². The zero-order valence-electron chi connectivity index (χ0n) is 22.2. The van der Waals surface area contributed by atoms with Gasteiger partial charge >= 0.3 is 0 Å². The van der Waals surface area contributed by atoms with E-state index in [1.54, 1.807) is 34.1 Å². The minimum absolute atomic E-state index is 0.0259. The number of likely N-dealkylation sites (tertiary alicyclic amines) is 2. The van der Waals surface area contributed by atoms with E-state index in [1.165, 1.54) is 12.1 Å². The standard InChI is InChI=1S/C32H29ClFN3O4/c33-24-8-4-5-21(17-24)20-37-29(23-6-2-1-3-7-23)27(38)19-32(31(37)40)13-15-36(16-14-32)30(39)28-18-26(35-41-28)22-9-11-25(34)12-10-22/h1-12,17-18,27,29,38H,13-16,19-20H2/t27-,29+/m1/s1. The molecule has 2 aliphatic heterocycles. The molecule has 1 aromatic heterocycles. The summed E-state index contributed by atoms with van der Waals surface area (Å²) >= 11 is 6.24. The summed E-state index contributed by atoms with van der Waals surface area (Å²) in [6, 6.07) is 23.8. The average Bonchev–Trinajstić information content (AvgIpc) is 3.47. The molecule has 2 aliphatic rings. The van der Waals surface area contributed by atoms with Crippen LogP contribution < -0.4 is 0 Å². The Labute approximate surface area is 242 Å². The first-order valence-electron chi connectivity index (χ1n) is 13.6. The Bertz CT molecular complexity index is 1550. The van der Waals surface area contributed by atoms with Gasteiger partial charge < -0.3 is 19.4 Å². The molecule has 0 bridgehead atoms. The second-order valence-electron chi connectivity index (χ2n) is 10.8. The number of aliphatic hydroxyl groups is 1. The first-order valence-corrected chi connectivity index (χ1v) is 14.0. The van der Waals surface area contributed by atoms with Crippen LogP contribution >= 0.6 is 11.6 Å². The average molecular weight is 574 g/mol. The summed E-state index contributed by atoms with van der Waals surface area (Å²) in [5.41, 5.74) is 2.05. The summed E-state index contributed by atoms with van der Waals surface area (Å²) < 4.78 is 18.6. The number of hydrogen-bond acceptors (Lipinski definition) is 5. The normalized spacial score (nSPS) is 20.4. The Morgan fingerprint density at radius 2 is 1.76 bits per heavy atom. The van der Waals surface area contributed by atoms with Crippen molar-refractivity contribution in [3.8, 4) is 11.3 Å². The highest BCUT2D eigenvalue weighted by Crippen LogP contribution is 2.47. The number of carbonyl (C=O) groups excluding carboxylic acids is 2. The molecule has 4 aromatic rings. The van der Waals surface area contributed by atoms with Gasteiger partial charge in [-0.1, -0.05) is 59.2 Å². The molecule has 7 nitrogen and oxygen atoms in total. The first-order chi connectivity index (χ1) is 19.8. The molecule has 2 atom stereocenters. The Hall–Kier alpha value is -4.01. The molecule has 2 fully saturated rings. The van der Waals surface area contributed by atoms with Crippen molar-refractivity contribution < 1.29 is 23.6 Å². The van der Waals surface area contributed by atoms with Crippen molar-refractivity contribution in [2.24, 2.45) is 5.41 Å². The highest BCUT2D eigenvalue weighted by molar-refractivity contribution is 6.30. The number of aliphatic hydroxyl groups excluding tert-OH is 1. The quantitative estimate of drug-likeness (QED) is 0.322. The third-order valence-electron chi connectivity index (χ3n) is 8.27. The van der Waals surface area contributed by atoms with E-state index in [9.17, 15) is 19.1 Å². The zero-order valence-corrected chi connectivity index (χ0v) is 23.0. The largest absolute Gasteiger partial charge is 0.391 e. The molecule has 41 heavy (non-hydrogen) atoms. The highest BCUT2D eigenvalue weighted by atomic mass is 35.5. The number of piperidine rings is 2. The number of aromatic nitrogens is 1. The lowest BCUT2D eigenvalue weighted by molar-refractivity contribution is -0.164. The van der Waals surface area contributed by atoms with Crippen LogP contribution in [0.5, 0.6) is 0 Å². The first kappa shape index (κ1) is 27.2. The molecule has 9 heteroatoms. The van der Waals surface area contributed by atoms with Gasteiger partial charge in [-0.05, 0) is 66.8 Å². The number of amides is 2. The van der Waals surface area contributed by atoms with Gasteiger partial charge in [0.1, 0.15) is 11.5 Å². The molecule has 210 valence electrons. The Morgan fingerprint density at radius 3 is 2.46 bits per heavy atom. The lowest BCUT2D eigenvalue weighted by Gasteiger charge is -2.51. The van der Waals surface area contributed by atoms with Gasteiger partial charge in [0.15, 0.2) is 0 Å². The fraction of sp³-hybridized carbons (Fsp3) is 0.281. The van der Waals surface area contributed by atoms with Crippen LogP contribution in [-0.2, 0) is 11.3 Å². The minimum Gasteiger partial charge on any atom is -0.391 e. The maximum absolute atomic E-state index is 14.3. The van der Waals surface area contributed by atoms with E-state index >= 15 is 0 Å². The van der Waals surface area contributed by atoms with E-state index in [0.29, 0.717) is 55.2 Å². The van der Waals surface area contributed by atoms with E-state index in [1.807, 2.05) is 48.5 Å². The van der Waals surface area contributed by atoms with Crippen molar-refractivity contribution in [2.75, 3.05) is 13.1 Å². The van der Waals surface area contributed by atoms with Gasteiger partial charge in [0, 0.05) is 36.3 Å². The molecule has 0 aliphatic carbocycles. The summed E-state index contributed by atoms with van der Waals surface area (Å²) in [7, 11) is 0. The number of halogens is 2. The smallest absolute Gasteiger partial charge is 0.292 e. The van der Waals surface area contributed by atoms with Crippen LogP contribution in [0, 0.1) is 11.2 Å². The summed E-state index contributed by atoms with van der Waals surface area (Å²) in [6.07, 6.45) is 0.378. The van der Waals surface area contributed by atoms with Gasteiger partial charge in [0.05, 0.1) is 17.6 Å². The summed E-state index contributed by atoms with van der Waals surface area (Å²) in [5, 5.41) is 16.1. The molecular formula is C32H29ClFN3O4. The van der Waals surface area contributed by atoms with Crippen LogP contribution in [-0.4, -0.2) is 51.1 Å². The summed E-state index contributed by atoms with van der Waals surface area (Å²) in [5.74, 6) is -0.620. The van der Waals surface area contributed by atoms with Gasteiger partial charge in [-0.25, -0.2) is 4.39 Å². The molecule has 0 saturated carbocycles. The van der Waals surface area contributed by atoms with Gasteiger partial charge in [-0.2, -0.15) is 0 Å². The summed E-state index contributed by atoms with van der Waals surface area (Å²) in [6.45, 7) is 0.987. The minimum atomic E-state index is -0.791. The van der Waals surface area contributed by atoms with E-state index in [-0.39, 0.29) is 23.4 Å². The molecule has 2 saturated heterocycles. The Morgan fingerprint density at radius 1 is 1.02 bits per heavy atom. The molecule has 1 N–H and O–H groups in total. The second-order valence-corrected chi connectivity index (χ2v) is 11.3. The summed E-state index contributed by atoms with van der Waals surface area (Å²) in [4.78, 5) is 31.0. The molecule has 3 heterocycles. The van der Waals surface area contributed by atoms with Crippen molar-refractivity contribution in [1.29, 1.82) is 0 Å². The molecule has 1 spiro atoms. The maximum Gasteiger partial charge on any atom is 0.292 e. The molecule has 0 radical (unpaired) electrons. The van der Waals surface area contributed by atoms with E-state index in [4.69, 9.17) is 16.1 Å². The lowest BCUT2D eigenvalue weighted by Crippen LogP contribution is -2.58. The number of rotatable bonds is 5. The zero-order chi connectivity index (χ0) is 28.6. The number of carbonyl (C=O) groups is 2. The van der Waals surface area contributed by atoms with Crippen LogP contribution in [0.4, 0.5) is 4.39 Å². The van der Waals surface area contributed by atoms with Crippen LogP contribution in [0.2, 0.25) is 5.02 Å². The molecule has 6 rings (SSSR count). The van der Waals surface area contributed by atoms with Crippen molar-refractivity contribution in [3.63, 3.8) is 0 Å².